The predicted octanol–water partition coefficient (Wildman–Crippen LogP) is 2.49. The number of hydrogen-bond donors (Lipinski definition) is 1. The van der Waals surface area contributed by atoms with Gasteiger partial charge >= 0.3 is 0 Å². The molecule has 1 heterocycles. The van der Waals surface area contributed by atoms with Crippen molar-refractivity contribution in [1.82, 2.24) is 5.32 Å². The van der Waals surface area contributed by atoms with E-state index in [0.29, 0.717) is 17.2 Å². The van der Waals surface area contributed by atoms with Gasteiger partial charge in [0.1, 0.15) is 11.5 Å². The van der Waals surface area contributed by atoms with Crippen molar-refractivity contribution in [2.75, 3.05) is 23.7 Å². The Bertz CT molecular complexity index is 961. The summed E-state index contributed by atoms with van der Waals surface area (Å²) in [4.78, 5) is 12.9. The molecular weight excluding hydrogens is 380 g/mol. The number of carbonyl (C=O) groups is 1. The number of rotatable bonds is 6. The molecule has 2 aromatic carbocycles. The highest BCUT2D eigenvalue weighted by atomic mass is 32.2. The van der Waals surface area contributed by atoms with Crippen molar-refractivity contribution >= 4 is 21.6 Å². The van der Waals surface area contributed by atoms with E-state index in [-0.39, 0.29) is 24.2 Å². The first kappa shape index (κ1) is 20.0. The van der Waals surface area contributed by atoms with Gasteiger partial charge in [0.15, 0.2) is 6.10 Å². The third-order valence-corrected chi connectivity index (χ3v) is 6.44. The molecule has 0 saturated heterocycles. The van der Waals surface area contributed by atoms with Gasteiger partial charge in [0.2, 0.25) is 10.0 Å². The second kappa shape index (κ2) is 8.10. The molecule has 0 saturated carbocycles. The number of nitrogens with zero attached hydrogens (tertiary/aromatic N) is 1. The number of amides is 1. The molecule has 1 N–H and O–H groups in total. The van der Waals surface area contributed by atoms with Gasteiger partial charge in [0.05, 0.1) is 31.1 Å². The van der Waals surface area contributed by atoms with Crippen LogP contribution in [0.4, 0.5) is 5.69 Å². The van der Waals surface area contributed by atoms with Crippen LogP contribution < -0.4 is 19.1 Å². The van der Waals surface area contributed by atoms with Crippen molar-refractivity contribution in [3.63, 3.8) is 0 Å². The molecule has 3 rings (SSSR count). The van der Waals surface area contributed by atoms with E-state index < -0.39 is 16.1 Å². The third kappa shape index (κ3) is 3.91. The first-order chi connectivity index (χ1) is 13.4. The number of para-hydroxylation sites is 3. The fourth-order valence-electron chi connectivity index (χ4n) is 3.17. The Morgan fingerprint density at radius 3 is 2.64 bits per heavy atom. The standard InChI is InChI=1S/C20H24N2O5S/c1-4-28(24,25)22-13-19(27-18-12-8-6-10-16(18)22)20(23)21-14(2)15-9-5-7-11-17(15)26-3/h5-12,14,19H,4,13H2,1-3H3,(H,21,23)/t14-,19-/m1/s1. The zero-order chi connectivity index (χ0) is 20.3. The normalized spacial score (nSPS) is 17.2. The number of sulfonamides is 1. The number of methoxy groups -OCH3 is 1. The van der Waals surface area contributed by atoms with Gasteiger partial charge in [0, 0.05) is 5.56 Å². The highest BCUT2D eigenvalue weighted by molar-refractivity contribution is 7.92. The summed E-state index contributed by atoms with van der Waals surface area (Å²) in [6.45, 7) is 3.34. The Labute approximate surface area is 165 Å². The third-order valence-electron chi connectivity index (χ3n) is 4.69. The number of anilines is 1. The van der Waals surface area contributed by atoms with E-state index in [1.54, 1.807) is 38.3 Å². The molecule has 0 fully saturated rings. The van der Waals surface area contributed by atoms with E-state index in [4.69, 9.17) is 9.47 Å². The highest BCUT2D eigenvalue weighted by Crippen LogP contribution is 2.35. The lowest BCUT2D eigenvalue weighted by atomic mass is 10.1. The van der Waals surface area contributed by atoms with Gasteiger partial charge < -0.3 is 14.8 Å². The molecule has 1 aliphatic heterocycles. The fourth-order valence-corrected chi connectivity index (χ4v) is 4.29. The molecular formula is C20H24N2O5S. The van der Waals surface area contributed by atoms with Crippen LogP contribution in [0.15, 0.2) is 48.5 Å². The van der Waals surface area contributed by atoms with Crippen LogP contribution >= 0.6 is 0 Å². The SMILES string of the molecule is CCS(=O)(=O)N1C[C@H](C(=O)N[C@H](C)c2ccccc2OC)Oc2ccccc21. The first-order valence-corrected chi connectivity index (χ1v) is 10.7. The lowest BCUT2D eigenvalue weighted by Gasteiger charge is -2.35. The average molecular weight is 404 g/mol. The van der Waals surface area contributed by atoms with Crippen LogP contribution in [-0.2, 0) is 14.8 Å². The van der Waals surface area contributed by atoms with E-state index in [2.05, 4.69) is 5.32 Å². The van der Waals surface area contributed by atoms with Crippen LogP contribution in [0.3, 0.4) is 0 Å². The minimum Gasteiger partial charge on any atom is -0.496 e. The second-order valence-electron chi connectivity index (χ2n) is 6.48. The van der Waals surface area contributed by atoms with Crippen molar-refractivity contribution < 1.29 is 22.7 Å². The molecule has 0 spiro atoms. The highest BCUT2D eigenvalue weighted by Gasteiger charge is 2.36. The number of ether oxygens (including phenoxy) is 2. The molecule has 0 unspecified atom stereocenters. The Balaban J connectivity index is 1.83. The summed E-state index contributed by atoms with van der Waals surface area (Å²) < 4.78 is 37.5. The van der Waals surface area contributed by atoms with E-state index in [1.165, 1.54) is 4.31 Å². The zero-order valence-electron chi connectivity index (χ0n) is 16.1. The van der Waals surface area contributed by atoms with Gasteiger partial charge in [-0.25, -0.2) is 8.42 Å². The molecule has 8 heteroatoms. The van der Waals surface area contributed by atoms with E-state index >= 15 is 0 Å². The van der Waals surface area contributed by atoms with Gasteiger partial charge in [-0.2, -0.15) is 0 Å². The fraction of sp³-hybridized carbons (Fsp3) is 0.350. The summed E-state index contributed by atoms with van der Waals surface area (Å²) in [7, 11) is -1.97. The molecule has 150 valence electrons. The molecule has 28 heavy (non-hydrogen) atoms. The molecule has 2 atom stereocenters. The van der Waals surface area contributed by atoms with Crippen molar-refractivity contribution in [3.05, 3.63) is 54.1 Å². The number of nitrogens with one attached hydrogen (secondary N) is 1. The van der Waals surface area contributed by atoms with Crippen LogP contribution in [0.1, 0.15) is 25.5 Å². The minimum absolute atomic E-state index is 0.0622. The Morgan fingerprint density at radius 1 is 1.25 bits per heavy atom. The van der Waals surface area contributed by atoms with Gasteiger partial charge in [-0.05, 0) is 32.0 Å². The van der Waals surface area contributed by atoms with Crippen LogP contribution in [0.25, 0.3) is 0 Å². The monoisotopic (exact) mass is 404 g/mol. The molecule has 2 aromatic rings. The lowest BCUT2D eigenvalue weighted by molar-refractivity contribution is -0.128. The second-order valence-corrected chi connectivity index (χ2v) is 8.66. The van der Waals surface area contributed by atoms with E-state index in [0.717, 1.165) is 5.56 Å². The quantitative estimate of drug-likeness (QED) is 0.800. The van der Waals surface area contributed by atoms with E-state index in [9.17, 15) is 13.2 Å². The van der Waals surface area contributed by atoms with Gasteiger partial charge in [-0.3, -0.25) is 9.10 Å². The molecule has 0 aliphatic carbocycles. The zero-order valence-corrected chi connectivity index (χ0v) is 16.9. The van der Waals surface area contributed by atoms with Gasteiger partial charge in [-0.15, -0.1) is 0 Å². The van der Waals surface area contributed by atoms with Crippen LogP contribution in [0.2, 0.25) is 0 Å². The van der Waals surface area contributed by atoms with Crippen molar-refractivity contribution in [2.45, 2.75) is 26.0 Å². The summed E-state index contributed by atoms with van der Waals surface area (Å²) in [5.74, 6) is 0.591. The maximum absolute atomic E-state index is 12.9. The lowest BCUT2D eigenvalue weighted by Crippen LogP contribution is -2.51. The Kier molecular flexibility index (Phi) is 5.79. The molecule has 0 aromatic heterocycles. The van der Waals surface area contributed by atoms with Crippen molar-refractivity contribution in [1.29, 1.82) is 0 Å². The Hall–Kier alpha value is -2.74. The molecule has 0 bridgehead atoms. The van der Waals surface area contributed by atoms with Crippen LogP contribution in [-0.4, -0.2) is 39.8 Å². The molecule has 7 nitrogen and oxygen atoms in total. The molecule has 0 radical (unpaired) electrons. The number of carbonyl (C=O) groups excluding carboxylic acids is 1. The van der Waals surface area contributed by atoms with Gasteiger partial charge in [-0.1, -0.05) is 30.3 Å². The smallest absolute Gasteiger partial charge is 0.263 e. The van der Waals surface area contributed by atoms with Crippen molar-refractivity contribution in [2.24, 2.45) is 0 Å². The number of benzene rings is 2. The maximum atomic E-state index is 12.9. The summed E-state index contributed by atoms with van der Waals surface area (Å²) in [6, 6.07) is 13.9. The summed E-state index contributed by atoms with van der Waals surface area (Å²) in [5.41, 5.74) is 1.28. The molecule has 1 amide bonds. The van der Waals surface area contributed by atoms with Gasteiger partial charge in [0.25, 0.3) is 5.91 Å². The number of hydrogen-bond acceptors (Lipinski definition) is 5. The van der Waals surface area contributed by atoms with Crippen LogP contribution in [0.5, 0.6) is 11.5 Å². The van der Waals surface area contributed by atoms with Crippen LogP contribution in [0, 0.1) is 0 Å². The topological polar surface area (TPSA) is 84.9 Å². The number of fused-ring (bicyclic) bond motifs is 1. The first-order valence-electron chi connectivity index (χ1n) is 9.06. The largest absolute Gasteiger partial charge is 0.496 e. The molecule has 1 aliphatic rings. The minimum atomic E-state index is -3.54. The summed E-state index contributed by atoms with van der Waals surface area (Å²) in [6.07, 6.45) is -0.951. The average Bonchev–Trinajstić information content (AvgIpc) is 2.72. The van der Waals surface area contributed by atoms with Crippen molar-refractivity contribution in [3.8, 4) is 11.5 Å². The Morgan fingerprint density at radius 2 is 1.93 bits per heavy atom. The van der Waals surface area contributed by atoms with E-state index in [1.807, 2.05) is 31.2 Å². The maximum Gasteiger partial charge on any atom is 0.263 e. The summed E-state index contributed by atoms with van der Waals surface area (Å²) >= 11 is 0. The predicted molar refractivity (Wildman–Crippen MR) is 107 cm³/mol. The summed E-state index contributed by atoms with van der Waals surface area (Å²) in [5, 5.41) is 2.90.